The van der Waals surface area contributed by atoms with Crippen molar-refractivity contribution in [3.8, 4) is 11.3 Å². The Bertz CT molecular complexity index is 578. The van der Waals surface area contributed by atoms with Crippen LogP contribution >= 0.6 is 11.3 Å². The highest BCUT2D eigenvalue weighted by atomic mass is 32.1. The number of carbonyl (C=O) groups is 1. The van der Waals surface area contributed by atoms with Crippen molar-refractivity contribution < 1.29 is 4.79 Å². The molecule has 2 aromatic rings. The summed E-state index contributed by atoms with van der Waals surface area (Å²) in [7, 11) is 0. The van der Waals surface area contributed by atoms with Crippen LogP contribution in [-0.2, 0) is 11.3 Å². The number of pyridine rings is 1. The van der Waals surface area contributed by atoms with Crippen LogP contribution in [0.5, 0.6) is 0 Å². The van der Waals surface area contributed by atoms with Crippen LogP contribution < -0.4 is 10.6 Å². The number of thiazole rings is 1. The average molecular weight is 288 g/mol. The van der Waals surface area contributed by atoms with Gasteiger partial charge in [-0.2, -0.15) is 0 Å². The molecule has 2 aromatic heterocycles. The van der Waals surface area contributed by atoms with E-state index in [-0.39, 0.29) is 11.9 Å². The summed E-state index contributed by atoms with van der Waals surface area (Å²) < 4.78 is 0. The molecule has 1 fully saturated rings. The van der Waals surface area contributed by atoms with Gasteiger partial charge in [-0.25, -0.2) is 4.98 Å². The van der Waals surface area contributed by atoms with Crippen molar-refractivity contribution in [2.45, 2.75) is 25.4 Å². The first-order chi connectivity index (χ1) is 9.83. The van der Waals surface area contributed by atoms with Gasteiger partial charge >= 0.3 is 0 Å². The molecule has 6 heteroatoms. The summed E-state index contributed by atoms with van der Waals surface area (Å²) in [5.41, 5.74) is 1.98. The Hall–Kier alpha value is -1.79. The number of hydrogen-bond acceptors (Lipinski definition) is 5. The van der Waals surface area contributed by atoms with E-state index in [9.17, 15) is 4.79 Å². The molecule has 1 saturated heterocycles. The molecule has 1 amide bonds. The lowest BCUT2D eigenvalue weighted by Crippen LogP contribution is -2.39. The van der Waals surface area contributed by atoms with Crippen LogP contribution in [0.1, 0.15) is 17.8 Å². The minimum atomic E-state index is -0.0327. The van der Waals surface area contributed by atoms with E-state index >= 15 is 0 Å². The van der Waals surface area contributed by atoms with E-state index in [1.807, 2.05) is 17.5 Å². The van der Waals surface area contributed by atoms with Crippen LogP contribution in [0.25, 0.3) is 11.3 Å². The van der Waals surface area contributed by atoms with Gasteiger partial charge in [0.15, 0.2) is 0 Å². The van der Waals surface area contributed by atoms with Crippen molar-refractivity contribution in [3.63, 3.8) is 0 Å². The van der Waals surface area contributed by atoms with Crippen molar-refractivity contribution in [3.05, 3.63) is 34.9 Å². The van der Waals surface area contributed by atoms with Crippen LogP contribution in [0.15, 0.2) is 29.9 Å². The molecule has 5 nitrogen and oxygen atoms in total. The van der Waals surface area contributed by atoms with E-state index in [0.29, 0.717) is 6.54 Å². The summed E-state index contributed by atoms with van der Waals surface area (Å²) in [6, 6.07) is 3.83. The van der Waals surface area contributed by atoms with Gasteiger partial charge in [-0.1, -0.05) is 0 Å². The van der Waals surface area contributed by atoms with Crippen molar-refractivity contribution in [2.75, 3.05) is 6.54 Å². The fourth-order valence-corrected chi connectivity index (χ4v) is 2.98. The first kappa shape index (κ1) is 13.2. The molecule has 0 aliphatic carbocycles. The van der Waals surface area contributed by atoms with Crippen LogP contribution in [0.3, 0.4) is 0 Å². The first-order valence-corrected chi connectivity index (χ1v) is 7.57. The molecule has 3 rings (SSSR count). The number of nitrogens with one attached hydrogen (secondary N) is 2. The van der Waals surface area contributed by atoms with Crippen molar-refractivity contribution in [1.82, 2.24) is 20.6 Å². The predicted octanol–water partition coefficient (Wildman–Crippen LogP) is 1.57. The molecule has 20 heavy (non-hydrogen) atoms. The lowest BCUT2D eigenvalue weighted by Gasteiger charge is -2.09. The van der Waals surface area contributed by atoms with E-state index in [1.165, 1.54) is 0 Å². The van der Waals surface area contributed by atoms with E-state index in [2.05, 4.69) is 20.6 Å². The van der Waals surface area contributed by atoms with Gasteiger partial charge in [0.2, 0.25) is 5.91 Å². The Labute approximate surface area is 121 Å². The Morgan fingerprint density at radius 3 is 3.05 bits per heavy atom. The second-order valence-corrected chi connectivity index (χ2v) is 5.67. The molecule has 0 spiro atoms. The standard InChI is InChI=1S/C14H16N4OS/c19-14(11-2-1-5-16-11)17-8-13-18-12(9-20-13)10-3-6-15-7-4-10/h3-4,6-7,9,11,16H,1-2,5,8H2,(H,17,19). The number of aromatic nitrogens is 2. The average Bonchev–Trinajstić information content (AvgIpc) is 3.17. The molecule has 0 saturated carbocycles. The van der Waals surface area contributed by atoms with E-state index < -0.39 is 0 Å². The molecular formula is C14H16N4OS. The molecule has 0 bridgehead atoms. The number of nitrogens with zero attached hydrogens (tertiary/aromatic N) is 2. The monoisotopic (exact) mass is 288 g/mol. The van der Waals surface area contributed by atoms with Gasteiger partial charge in [0.1, 0.15) is 5.01 Å². The summed E-state index contributed by atoms with van der Waals surface area (Å²) in [4.78, 5) is 20.4. The molecule has 0 radical (unpaired) electrons. The van der Waals surface area contributed by atoms with Gasteiger partial charge < -0.3 is 10.6 Å². The zero-order valence-corrected chi connectivity index (χ0v) is 11.8. The molecule has 104 valence electrons. The predicted molar refractivity (Wildman–Crippen MR) is 78.2 cm³/mol. The van der Waals surface area contributed by atoms with E-state index in [1.54, 1.807) is 23.7 Å². The Balaban J connectivity index is 1.59. The largest absolute Gasteiger partial charge is 0.348 e. The molecule has 1 unspecified atom stereocenters. The van der Waals surface area contributed by atoms with Gasteiger partial charge in [-0.15, -0.1) is 11.3 Å². The second kappa shape index (κ2) is 6.11. The molecule has 1 aliphatic heterocycles. The topological polar surface area (TPSA) is 66.9 Å². The number of hydrogen-bond donors (Lipinski definition) is 2. The Kier molecular flexibility index (Phi) is 4.03. The van der Waals surface area contributed by atoms with Crippen LogP contribution in [0.4, 0.5) is 0 Å². The lowest BCUT2D eigenvalue weighted by molar-refractivity contribution is -0.122. The highest BCUT2D eigenvalue weighted by Crippen LogP contribution is 2.20. The number of amides is 1. The molecule has 1 aliphatic rings. The SMILES string of the molecule is O=C(NCc1nc(-c2ccncc2)cs1)C1CCCN1. The zero-order chi connectivity index (χ0) is 13.8. The van der Waals surface area contributed by atoms with Crippen LogP contribution in [0, 0.1) is 0 Å². The highest BCUT2D eigenvalue weighted by molar-refractivity contribution is 7.09. The van der Waals surface area contributed by atoms with Gasteiger partial charge in [-0.3, -0.25) is 9.78 Å². The molecule has 0 aromatic carbocycles. The second-order valence-electron chi connectivity index (χ2n) is 4.73. The maximum Gasteiger partial charge on any atom is 0.237 e. The summed E-state index contributed by atoms with van der Waals surface area (Å²) in [5.74, 6) is 0.0724. The molecule has 1 atom stereocenters. The molecular weight excluding hydrogens is 272 g/mol. The van der Waals surface area contributed by atoms with Gasteiger partial charge in [0.25, 0.3) is 0 Å². The summed E-state index contributed by atoms with van der Waals surface area (Å²) >= 11 is 1.56. The highest BCUT2D eigenvalue weighted by Gasteiger charge is 2.21. The minimum Gasteiger partial charge on any atom is -0.348 e. The molecule has 2 N–H and O–H groups in total. The fraction of sp³-hybridized carbons (Fsp3) is 0.357. The Morgan fingerprint density at radius 1 is 1.45 bits per heavy atom. The number of carbonyl (C=O) groups excluding carboxylic acids is 1. The lowest BCUT2D eigenvalue weighted by atomic mass is 10.2. The smallest absolute Gasteiger partial charge is 0.237 e. The Morgan fingerprint density at radius 2 is 2.30 bits per heavy atom. The normalized spacial score (nSPS) is 18.1. The van der Waals surface area contributed by atoms with Gasteiger partial charge in [0, 0.05) is 23.3 Å². The summed E-state index contributed by atoms with van der Waals surface area (Å²) in [6.45, 7) is 1.42. The summed E-state index contributed by atoms with van der Waals surface area (Å²) in [5, 5.41) is 9.05. The number of rotatable bonds is 4. The first-order valence-electron chi connectivity index (χ1n) is 6.69. The van der Waals surface area contributed by atoms with Crippen molar-refractivity contribution >= 4 is 17.2 Å². The zero-order valence-electron chi connectivity index (χ0n) is 11.0. The maximum absolute atomic E-state index is 11.9. The van der Waals surface area contributed by atoms with E-state index in [0.717, 1.165) is 35.7 Å². The van der Waals surface area contributed by atoms with E-state index in [4.69, 9.17) is 0 Å². The van der Waals surface area contributed by atoms with Crippen LogP contribution in [0.2, 0.25) is 0 Å². The quantitative estimate of drug-likeness (QED) is 0.896. The van der Waals surface area contributed by atoms with Gasteiger partial charge in [-0.05, 0) is 31.5 Å². The molecule has 3 heterocycles. The summed E-state index contributed by atoms with van der Waals surface area (Å²) in [6.07, 6.45) is 5.50. The third-order valence-electron chi connectivity index (χ3n) is 3.32. The fourth-order valence-electron chi connectivity index (χ4n) is 2.24. The third kappa shape index (κ3) is 3.02. The van der Waals surface area contributed by atoms with Gasteiger partial charge in [0.05, 0.1) is 18.3 Å². The minimum absolute atomic E-state index is 0.0327. The van der Waals surface area contributed by atoms with Crippen molar-refractivity contribution in [2.24, 2.45) is 0 Å². The van der Waals surface area contributed by atoms with Crippen LogP contribution in [-0.4, -0.2) is 28.5 Å². The third-order valence-corrected chi connectivity index (χ3v) is 4.17. The van der Waals surface area contributed by atoms with Crippen molar-refractivity contribution in [1.29, 1.82) is 0 Å². The maximum atomic E-state index is 11.9.